The fourth-order valence-electron chi connectivity index (χ4n) is 1.37. The van der Waals surface area contributed by atoms with Crippen LogP contribution in [0.5, 0.6) is 0 Å². The molecule has 1 unspecified atom stereocenters. The van der Waals surface area contributed by atoms with Crippen LogP contribution in [0.25, 0.3) is 0 Å². The molecule has 0 saturated carbocycles. The van der Waals surface area contributed by atoms with E-state index in [1.54, 1.807) is 0 Å². The Bertz CT molecular complexity index is 97.0. The van der Waals surface area contributed by atoms with Crippen molar-refractivity contribution < 1.29 is 0 Å². The van der Waals surface area contributed by atoms with E-state index in [1.165, 1.54) is 19.3 Å². The van der Waals surface area contributed by atoms with Crippen LogP contribution in [-0.4, -0.2) is 7.85 Å². The van der Waals surface area contributed by atoms with E-state index < -0.39 is 0 Å². The van der Waals surface area contributed by atoms with Crippen molar-refractivity contribution in [2.45, 2.75) is 59.2 Å². The van der Waals surface area contributed by atoms with Gasteiger partial charge < -0.3 is 0 Å². The molecule has 64 valence electrons. The maximum atomic E-state index is 5.99. The van der Waals surface area contributed by atoms with Gasteiger partial charge in [-0.05, 0) is 11.8 Å². The topological polar surface area (TPSA) is 0 Å². The molecule has 1 heteroatoms. The second-order valence-electron chi connectivity index (χ2n) is 4.11. The van der Waals surface area contributed by atoms with Crippen LogP contribution >= 0.6 is 0 Å². The first-order chi connectivity index (χ1) is 5.04. The normalized spacial score (nSPS) is 14.9. The average Bonchev–Trinajstić information content (AvgIpc) is 1.99. The summed E-state index contributed by atoms with van der Waals surface area (Å²) in [5, 5.41) is 0. The van der Waals surface area contributed by atoms with Crippen molar-refractivity contribution >= 4 is 7.85 Å². The molecular formula is C10H21B. The number of hydrogen-bond acceptors (Lipinski definition) is 0. The highest BCUT2D eigenvalue weighted by Gasteiger charge is 2.22. The van der Waals surface area contributed by atoms with E-state index >= 15 is 0 Å². The third-order valence-corrected chi connectivity index (χ3v) is 2.62. The van der Waals surface area contributed by atoms with Crippen LogP contribution in [0.15, 0.2) is 0 Å². The lowest BCUT2D eigenvalue weighted by Crippen LogP contribution is -2.18. The van der Waals surface area contributed by atoms with Crippen molar-refractivity contribution in [1.29, 1.82) is 0 Å². The zero-order valence-electron chi connectivity index (χ0n) is 8.48. The van der Waals surface area contributed by atoms with Gasteiger partial charge in [0.25, 0.3) is 0 Å². The Morgan fingerprint density at radius 2 is 1.82 bits per heavy atom. The lowest BCUT2D eigenvalue weighted by molar-refractivity contribution is 0.296. The summed E-state index contributed by atoms with van der Waals surface area (Å²) in [6.45, 7) is 8.94. The number of hydrogen-bond donors (Lipinski definition) is 0. The first-order valence-corrected chi connectivity index (χ1v) is 4.80. The molecule has 0 rings (SSSR count). The SMILES string of the molecule is [B]C(CC)C(C)(C)CCCC. The van der Waals surface area contributed by atoms with Gasteiger partial charge in [-0.2, -0.15) is 0 Å². The molecule has 0 fully saturated rings. The van der Waals surface area contributed by atoms with Crippen LogP contribution in [0.4, 0.5) is 0 Å². The maximum Gasteiger partial charge on any atom is 0.0706 e. The average molecular weight is 152 g/mol. The van der Waals surface area contributed by atoms with Crippen LogP contribution in [-0.2, 0) is 0 Å². The van der Waals surface area contributed by atoms with Crippen LogP contribution in [0.1, 0.15) is 53.4 Å². The predicted octanol–water partition coefficient (Wildman–Crippen LogP) is 3.57. The summed E-state index contributed by atoms with van der Waals surface area (Å²) in [5.74, 6) is 0.369. The first-order valence-electron chi connectivity index (χ1n) is 4.80. The molecule has 0 aliphatic carbocycles. The van der Waals surface area contributed by atoms with E-state index in [9.17, 15) is 0 Å². The van der Waals surface area contributed by atoms with Gasteiger partial charge in [0.15, 0.2) is 0 Å². The lowest BCUT2D eigenvalue weighted by atomic mass is 9.64. The zero-order chi connectivity index (χ0) is 8.91. The fraction of sp³-hybridized carbons (Fsp3) is 1.00. The summed E-state index contributed by atoms with van der Waals surface area (Å²) in [4.78, 5) is 0. The predicted molar refractivity (Wildman–Crippen MR) is 53.1 cm³/mol. The van der Waals surface area contributed by atoms with E-state index in [-0.39, 0.29) is 0 Å². The molecule has 1 atom stereocenters. The van der Waals surface area contributed by atoms with Gasteiger partial charge in [-0.15, -0.1) is 0 Å². The van der Waals surface area contributed by atoms with E-state index in [2.05, 4.69) is 27.7 Å². The van der Waals surface area contributed by atoms with Gasteiger partial charge in [-0.25, -0.2) is 0 Å². The molecule has 0 aliphatic heterocycles. The highest BCUT2D eigenvalue weighted by atomic mass is 14.2. The lowest BCUT2D eigenvalue weighted by Gasteiger charge is -2.31. The molecule has 0 saturated heterocycles. The molecule has 0 heterocycles. The van der Waals surface area contributed by atoms with Gasteiger partial charge in [0.05, 0.1) is 7.85 Å². The van der Waals surface area contributed by atoms with E-state index in [4.69, 9.17) is 7.85 Å². The summed E-state index contributed by atoms with van der Waals surface area (Å²) in [6.07, 6.45) is 4.94. The zero-order valence-corrected chi connectivity index (χ0v) is 8.48. The maximum absolute atomic E-state index is 5.99. The Morgan fingerprint density at radius 3 is 2.18 bits per heavy atom. The highest BCUT2D eigenvalue weighted by molar-refractivity contribution is 6.12. The number of rotatable bonds is 5. The summed E-state index contributed by atoms with van der Waals surface area (Å²) in [6, 6.07) is 0. The summed E-state index contributed by atoms with van der Waals surface area (Å²) >= 11 is 0. The van der Waals surface area contributed by atoms with Crippen molar-refractivity contribution in [3.63, 3.8) is 0 Å². The minimum atomic E-state index is 0.338. The van der Waals surface area contributed by atoms with Crippen molar-refractivity contribution in [2.75, 3.05) is 0 Å². The third kappa shape index (κ3) is 3.84. The Kier molecular flexibility index (Phi) is 4.87. The molecule has 0 N–H and O–H groups in total. The van der Waals surface area contributed by atoms with Gasteiger partial charge in [-0.3, -0.25) is 0 Å². The van der Waals surface area contributed by atoms with Crippen molar-refractivity contribution in [3.8, 4) is 0 Å². The Labute approximate surface area is 73.2 Å². The molecule has 0 aromatic rings. The summed E-state index contributed by atoms with van der Waals surface area (Å²) in [7, 11) is 5.99. The van der Waals surface area contributed by atoms with Gasteiger partial charge in [0, 0.05) is 0 Å². The standard InChI is InChI=1S/C10H21B/c1-5-7-8-10(3,4)9(11)6-2/h9H,5-8H2,1-4H3. The van der Waals surface area contributed by atoms with Crippen LogP contribution in [0, 0.1) is 5.41 Å². The largest absolute Gasteiger partial charge is 0.0726 e. The molecule has 0 spiro atoms. The van der Waals surface area contributed by atoms with E-state index in [0.29, 0.717) is 11.2 Å². The van der Waals surface area contributed by atoms with E-state index in [1.807, 2.05) is 0 Å². The van der Waals surface area contributed by atoms with Gasteiger partial charge >= 0.3 is 0 Å². The summed E-state index contributed by atoms with van der Waals surface area (Å²) in [5.41, 5.74) is 0.338. The molecule has 0 aliphatic rings. The molecule has 0 amide bonds. The first kappa shape index (κ1) is 11.1. The van der Waals surface area contributed by atoms with Crippen molar-refractivity contribution in [3.05, 3.63) is 0 Å². The van der Waals surface area contributed by atoms with Crippen LogP contribution in [0.3, 0.4) is 0 Å². The minimum Gasteiger partial charge on any atom is -0.0726 e. The van der Waals surface area contributed by atoms with E-state index in [0.717, 1.165) is 6.42 Å². The second kappa shape index (κ2) is 4.85. The van der Waals surface area contributed by atoms with Crippen molar-refractivity contribution in [2.24, 2.45) is 5.41 Å². The quantitative estimate of drug-likeness (QED) is 0.528. The van der Waals surface area contributed by atoms with Gasteiger partial charge in [0.1, 0.15) is 0 Å². The molecule has 2 radical (unpaired) electrons. The highest BCUT2D eigenvalue weighted by Crippen LogP contribution is 2.36. The Hall–Kier alpha value is 0.0649. The molecular weight excluding hydrogens is 131 g/mol. The van der Waals surface area contributed by atoms with Gasteiger partial charge in [0.2, 0.25) is 0 Å². The third-order valence-electron chi connectivity index (χ3n) is 2.62. The molecule has 0 aromatic carbocycles. The fourth-order valence-corrected chi connectivity index (χ4v) is 1.37. The molecule has 11 heavy (non-hydrogen) atoms. The second-order valence-corrected chi connectivity index (χ2v) is 4.11. The van der Waals surface area contributed by atoms with Crippen LogP contribution < -0.4 is 0 Å². The van der Waals surface area contributed by atoms with Crippen LogP contribution in [0.2, 0.25) is 5.82 Å². The minimum absolute atomic E-state index is 0.338. The molecule has 0 aromatic heterocycles. The Balaban J connectivity index is 3.77. The molecule has 0 bridgehead atoms. The van der Waals surface area contributed by atoms with Gasteiger partial charge in [-0.1, -0.05) is 52.8 Å². The number of unbranched alkanes of at least 4 members (excludes halogenated alkanes) is 1. The summed E-state index contributed by atoms with van der Waals surface area (Å²) < 4.78 is 0. The van der Waals surface area contributed by atoms with Crippen molar-refractivity contribution in [1.82, 2.24) is 0 Å². The molecule has 0 nitrogen and oxygen atoms in total. The Morgan fingerprint density at radius 1 is 1.27 bits per heavy atom. The smallest absolute Gasteiger partial charge is 0.0706 e. The monoisotopic (exact) mass is 152 g/mol.